The average molecular weight is 364 g/mol. The second kappa shape index (κ2) is 9.70. The molecule has 1 aliphatic rings. The summed E-state index contributed by atoms with van der Waals surface area (Å²) in [6.07, 6.45) is 2.23. The monoisotopic (exact) mass is 363 g/mol. The van der Waals surface area contributed by atoms with Crippen LogP contribution in [0.2, 0.25) is 0 Å². The Morgan fingerprint density at radius 3 is 2.42 bits per heavy atom. The van der Waals surface area contributed by atoms with Crippen LogP contribution in [0.3, 0.4) is 0 Å². The highest BCUT2D eigenvalue weighted by atomic mass is 16.2. The van der Waals surface area contributed by atoms with E-state index in [2.05, 4.69) is 16.7 Å². The molecule has 1 heterocycles. The lowest BCUT2D eigenvalue weighted by Crippen LogP contribution is -2.41. The highest BCUT2D eigenvalue weighted by Gasteiger charge is 2.31. The van der Waals surface area contributed by atoms with Crippen LogP contribution >= 0.6 is 0 Å². The number of nitrogens with zero attached hydrogens (tertiary/aromatic N) is 1. The van der Waals surface area contributed by atoms with Gasteiger partial charge in [0.1, 0.15) is 11.8 Å². The minimum Gasteiger partial charge on any atom is -0.356 e. The highest BCUT2D eigenvalue weighted by molar-refractivity contribution is 5.87. The fourth-order valence-corrected chi connectivity index (χ4v) is 3.40. The van der Waals surface area contributed by atoms with E-state index in [0.29, 0.717) is 32.2 Å². The van der Waals surface area contributed by atoms with Gasteiger partial charge in [-0.2, -0.15) is 5.26 Å². The Labute approximate surface area is 157 Å². The summed E-state index contributed by atoms with van der Waals surface area (Å²) < 4.78 is 0. The number of Topliss-reactive ketones (excluding diaryl/α,β-unsaturated/α-hetero) is 1. The van der Waals surface area contributed by atoms with E-state index in [9.17, 15) is 19.6 Å². The van der Waals surface area contributed by atoms with Gasteiger partial charge in [0.05, 0.1) is 6.07 Å². The molecule has 0 aromatic heterocycles. The van der Waals surface area contributed by atoms with Gasteiger partial charge in [0.15, 0.2) is 0 Å². The minimum atomic E-state index is -0.709. The molecule has 1 fully saturated rings. The van der Waals surface area contributed by atoms with Crippen LogP contribution in [-0.2, 0) is 14.4 Å². The van der Waals surface area contributed by atoms with Crippen molar-refractivity contribution in [2.75, 3.05) is 6.54 Å². The van der Waals surface area contributed by atoms with Crippen molar-refractivity contribution in [2.45, 2.75) is 72.8 Å². The second-order valence-corrected chi connectivity index (χ2v) is 9.01. The predicted octanol–water partition coefficient (Wildman–Crippen LogP) is 2.58. The average Bonchev–Trinajstić information content (AvgIpc) is 2.88. The molecule has 2 N–H and O–H groups in total. The molecule has 1 saturated heterocycles. The van der Waals surface area contributed by atoms with Crippen LogP contribution in [0.15, 0.2) is 0 Å². The lowest BCUT2D eigenvalue weighted by Gasteiger charge is -2.26. The molecule has 0 spiro atoms. The molecule has 0 unspecified atom stereocenters. The van der Waals surface area contributed by atoms with E-state index in [-0.39, 0.29) is 41.3 Å². The van der Waals surface area contributed by atoms with E-state index < -0.39 is 12.0 Å². The van der Waals surface area contributed by atoms with Gasteiger partial charge in [-0.15, -0.1) is 0 Å². The first-order valence-corrected chi connectivity index (χ1v) is 9.51. The molecule has 3 atom stereocenters. The van der Waals surface area contributed by atoms with Gasteiger partial charge < -0.3 is 10.6 Å². The Morgan fingerprint density at radius 1 is 1.31 bits per heavy atom. The molecule has 146 valence electrons. The fourth-order valence-electron chi connectivity index (χ4n) is 3.40. The van der Waals surface area contributed by atoms with Crippen molar-refractivity contribution in [1.82, 2.24) is 10.6 Å². The summed E-state index contributed by atoms with van der Waals surface area (Å²) in [6.45, 7) is 10.7. The van der Waals surface area contributed by atoms with Crippen LogP contribution in [0.25, 0.3) is 0 Å². The standard InChI is InChI=1S/C20H33N3O3/c1-13(2)8-17(24)10-15(11-20(3,4)5)19(26)23-16(12-21)9-14-6-7-22-18(14)25/h13-16H,6-11H2,1-5H3,(H,22,25)(H,23,26)/t14-,15-,16-/m0/s1. The van der Waals surface area contributed by atoms with Gasteiger partial charge in [-0.1, -0.05) is 34.6 Å². The zero-order chi connectivity index (χ0) is 19.9. The summed E-state index contributed by atoms with van der Waals surface area (Å²) in [5, 5.41) is 14.9. The van der Waals surface area contributed by atoms with Crippen molar-refractivity contribution < 1.29 is 14.4 Å². The van der Waals surface area contributed by atoms with Crippen molar-refractivity contribution in [3.63, 3.8) is 0 Å². The van der Waals surface area contributed by atoms with Gasteiger partial charge in [-0.3, -0.25) is 14.4 Å². The van der Waals surface area contributed by atoms with E-state index in [1.807, 2.05) is 34.6 Å². The van der Waals surface area contributed by atoms with E-state index in [1.54, 1.807) is 0 Å². The number of ketones is 1. The van der Waals surface area contributed by atoms with Crippen molar-refractivity contribution >= 4 is 17.6 Å². The molecule has 6 heteroatoms. The Bertz CT molecular complexity index is 558. The third-order valence-electron chi connectivity index (χ3n) is 4.49. The van der Waals surface area contributed by atoms with Crippen LogP contribution in [0.5, 0.6) is 0 Å². The topological polar surface area (TPSA) is 99.1 Å². The number of hydrogen-bond acceptors (Lipinski definition) is 4. The van der Waals surface area contributed by atoms with Crippen LogP contribution in [0.1, 0.15) is 66.7 Å². The Hall–Kier alpha value is -1.90. The van der Waals surface area contributed by atoms with Crippen LogP contribution in [-0.4, -0.2) is 30.2 Å². The van der Waals surface area contributed by atoms with Gasteiger partial charge in [0, 0.05) is 31.2 Å². The zero-order valence-corrected chi connectivity index (χ0v) is 16.7. The van der Waals surface area contributed by atoms with Gasteiger partial charge in [-0.05, 0) is 30.6 Å². The lowest BCUT2D eigenvalue weighted by atomic mass is 9.81. The van der Waals surface area contributed by atoms with Crippen molar-refractivity contribution in [3.8, 4) is 6.07 Å². The molecule has 0 aromatic carbocycles. The van der Waals surface area contributed by atoms with Crippen LogP contribution in [0, 0.1) is 34.5 Å². The fraction of sp³-hybridized carbons (Fsp3) is 0.800. The summed E-state index contributed by atoms with van der Waals surface area (Å²) >= 11 is 0. The SMILES string of the molecule is CC(C)CC(=O)C[C@@H](CC(C)(C)C)C(=O)N[C@H](C#N)C[C@@H]1CCNC1=O. The maximum Gasteiger partial charge on any atom is 0.224 e. The van der Waals surface area contributed by atoms with E-state index in [1.165, 1.54) is 0 Å². The van der Waals surface area contributed by atoms with Crippen molar-refractivity contribution in [3.05, 3.63) is 0 Å². The quantitative estimate of drug-likeness (QED) is 0.657. The molecule has 2 amide bonds. The summed E-state index contributed by atoms with van der Waals surface area (Å²) in [7, 11) is 0. The Balaban J connectivity index is 2.74. The maximum absolute atomic E-state index is 12.8. The smallest absolute Gasteiger partial charge is 0.224 e. The summed E-state index contributed by atoms with van der Waals surface area (Å²) in [4.78, 5) is 36.7. The van der Waals surface area contributed by atoms with Crippen LogP contribution in [0.4, 0.5) is 0 Å². The first-order chi connectivity index (χ1) is 12.0. The van der Waals surface area contributed by atoms with E-state index >= 15 is 0 Å². The third-order valence-corrected chi connectivity index (χ3v) is 4.49. The largest absolute Gasteiger partial charge is 0.356 e. The zero-order valence-electron chi connectivity index (χ0n) is 16.7. The molecule has 0 aromatic rings. The molecule has 6 nitrogen and oxygen atoms in total. The molecule has 0 saturated carbocycles. The van der Waals surface area contributed by atoms with E-state index in [0.717, 1.165) is 0 Å². The molecule has 26 heavy (non-hydrogen) atoms. The molecule has 0 aliphatic carbocycles. The normalized spacial score (nSPS) is 19.6. The molecule has 0 bridgehead atoms. The van der Waals surface area contributed by atoms with Gasteiger partial charge in [0.25, 0.3) is 0 Å². The number of nitriles is 1. The van der Waals surface area contributed by atoms with Gasteiger partial charge in [-0.25, -0.2) is 0 Å². The summed E-state index contributed by atoms with van der Waals surface area (Å²) in [5.74, 6) is -0.667. The van der Waals surface area contributed by atoms with Crippen molar-refractivity contribution in [1.29, 1.82) is 5.26 Å². The predicted molar refractivity (Wildman–Crippen MR) is 99.9 cm³/mol. The molecule has 1 rings (SSSR count). The number of hydrogen-bond donors (Lipinski definition) is 2. The van der Waals surface area contributed by atoms with E-state index in [4.69, 9.17) is 0 Å². The summed E-state index contributed by atoms with van der Waals surface area (Å²) in [6, 6.07) is 1.38. The lowest BCUT2D eigenvalue weighted by molar-refractivity contribution is -0.131. The van der Waals surface area contributed by atoms with Crippen molar-refractivity contribution in [2.24, 2.45) is 23.2 Å². The Kier molecular flexibility index (Phi) is 8.26. The Morgan fingerprint density at radius 2 is 1.96 bits per heavy atom. The number of carbonyl (C=O) groups is 3. The maximum atomic E-state index is 12.8. The number of rotatable bonds is 9. The second-order valence-electron chi connectivity index (χ2n) is 9.01. The van der Waals surface area contributed by atoms with Gasteiger partial charge >= 0.3 is 0 Å². The molecule has 0 radical (unpaired) electrons. The first-order valence-electron chi connectivity index (χ1n) is 9.51. The third kappa shape index (κ3) is 7.99. The molecular weight excluding hydrogens is 330 g/mol. The first kappa shape index (κ1) is 22.1. The minimum absolute atomic E-state index is 0.0575. The van der Waals surface area contributed by atoms with Crippen LogP contribution < -0.4 is 10.6 Å². The number of nitrogens with one attached hydrogen (secondary N) is 2. The number of amides is 2. The highest BCUT2D eigenvalue weighted by Crippen LogP contribution is 2.28. The summed E-state index contributed by atoms with van der Waals surface area (Å²) in [5.41, 5.74) is -0.104. The van der Waals surface area contributed by atoms with Gasteiger partial charge in [0.2, 0.25) is 11.8 Å². The number of carbonyl (C=O) groups excluding carboxylic acids is 3. The molecular formula is C20H33N3O3. The molecule has 1 aliphatic heterocycles.